The topological polar surface area (TPSA) is 120 Å². The van der Waals surface area contributed by atoms with Gasteiger partial charge in [-0.15, -0.1) is 11.3 Å². The van der Waals surface area contributed by atoms with Gasteiger partial charge in [0.2, 0.25) is 5.75 Å². The lowest BCUT2D eigenvalue weighted by Crippen LogP contribution is -2.22. The van der Waals surface area contributed by atoms with Crippen LogP contribution in [0.2, 0.25) is 0 Å². The third-order valence-corrected chi connectivity index (χ3v) is 6.37. The molecule has 30 heavy (non-hydrogen) atoms. The van der Waals surface area contributed by atoms with Gasteiger partial charge in [-0.05, 0) is 37.3 Å². The Hall–Kier alpha value is -3.27. The van der Waals surface area contributed by atoms with E-state index in [4.69, 9.17) is 4.74 Å². The number of hydrogen-bond acceptors (Lipinski definition) is 8. The molecule has 0 unspecified atom stereocenters. The summed E-state index contributed by atoms with van der Waals surface area (Å²) in [5.41, 5.74) is 0.372. The molecule has 1 N–H and O–H groups in total. The van der Waals surface area contributed by atoms with Crippen LogP contribution < -0.4 is 10.3 Å². The number of aryl methyl sites for hydroxylation is 3. The van der Waals surface area contributed by atoms with E-state index in [9.17, 15) is 20.0 Å². The van der Waals surface area contributed by atoms with Gasteiger partial charge in [-0.3, -0.25) is 14.9 Å². The van der Waals surface area contributed by atoms with Crippen molar-refractivity contribution in [3.8, 4) is 11.5 Å². The third-order valence-electron chi connectivity index (χ3n) is 5.19. The maximum absolute atomic E-state index is 13.3. The first-order valence-electron chi connectivity index (χ1n) is 9.60. The number of fused-ring (bicyclic) bond motifs is 3. The van der Waals surface area contributed by atoms with Crippen molar-refractivity contribution >= 4 is 33.5 Å². The lowest BCUT2D eigenvalue weighted by molar-refractivity contribution is -0.385. The SMILES string of the molecule is CCc1nc2sc3c(c2c(=O)n1/N=C/c1cc(OC)cc([N+](=O)[O-])c1O)CCCC3. The molecule has 1 aliphatic rings. The van der Waals surface area contributed by atoms with Crippen LogP contribution in [0.5, 0.6) is 11.5 Å². The fourth-order valence-electron chi connectivity index (χ4n) is 3.68. The standard InChI is InChI=1S/C20H20N4O5S/c1-3-16-22-19-17(13-6-4-5-7-15(13)30-19)20(26)23(16)21-10-11-8-12(29-2)9-14(18(11)25)24(27)28/h8-10,25H,3-7H2,1-2H3/b21-10+. The second-order valence-corrected chi connectivity index (χ2v) is 8.06. The molecular weight excluding hydrogens is 408 g/mol. The Balaban J connectivity index is 1.87. The van der Waals surface area contributed by atoms with E-state index >= 15 is 0 Å². The second-order valence-electron chi connectivity index (χ2n) is 6.98. The predicted molar refractivity (Wildman–Crippen MR) is 114 cm³/mol. The summed E-state index contributed by atoms with van der Waals surface area (Å²) < 4.78 is 6.29. The van der Waals surface area contributed by atoms with Gasteiger partial charge >= 0.3 is 5.69 Å². The number of thiophene rings is 1. The van der Waals surface area contributed by atoms with Crippen molar-refractivity contribution in [2.45, 2.75) is 39.0 Å². The minimum Gasteiger partial charge on any atom is -0.502 e. The number of methoxy groups -OCH3 is 1. The maximum Gasteiger partial charge on any atom is 0.315 e. The molecule has 4 rings (SSSR count). The maximum atomic E-state index is 13.3. The molecule has 0 fully saturated rings. The predicted octanol–water partition coefficient (Wildman–Crippen LogP) is 3.40. The molecule has 0 saturated carbocycles. The molecule has 0 saturated heterocycles. The summed E-state index contributed by atoms with van der Waals surface area (Å²) in [6.45, 7) is 1.88. The third kappa shape index (κ3) is 3.32. The van der Waals surface area contributed by atoms with Gasteiger partial charge in [0.15, 0.2) is 0 Å². The first kappa shape index (κ1) is 20.0. The molecule has 0 spiro atoms. The van der Waals surface area contributed by atoms with Crippen LogP contribution in [-0.4, -0.2) is 33.0 Å². The van der Waals surface area contributed by atoms with E-state index in [1.54, 1.807) is 11.3 Å². The smallest absolute Gasteiger partial charge is 0.315 e. The summed E-state index contributed by atoms with van der Waals surface area (Å²) in [6.07, 6.45) is 5.67. The molecule has 0 amide bonds. The summed E-state index contributed by atoms with van der Waals surface area (Å²) >= 11 is 1.57. The summed E-state index contributed by atoms with van der Waals surface area (Å²) in [5, 5.41) is 26.3. The van der Waals surface area contributed by atoms with Crippen molar-refractivity contribution in [1.82, 2.24) is 9.66 Å². The average Bonchev–Trinajstić information content (AvgIpc) is 3.12. The number of nitro groups is 1. The highest BCUT2D eigenvalue weighted by molar-refractivity contribution is 7.18. The number of benzene rings is 1. The number of aromatic nitrogens is 2. The molecule has 3 aromatic rings. The van der Waals surface area contributed by atoms with Crippen molar-refractivity contribution in [2.24, 2.45) is 5.10 Å². The zero-order chi connectivity index (χ0) is 21.4. The van der Waals surface area contributed by atoms with E-state index in [0.29, 0.717) is 17.6 Å². The van der Waals surface area contributed by atoms with Gasteiger partial charge in [0.25, 0.3) is 5.56 Å². The Morgan fingerprint density at radius 3 is 2.87 bits per heavy atom. The summed E-state index contributed by atoms with van der Waals surface area (Å²) in [4.78, 5) is 30.4. The fourth-order valence-corrected chi connectivity index (χ4v) is 4.95. The molecule has 9 nitrogen and oxygen atoms in total. The van der Waals surface area contributed by atoms with Crippen molar-refractivity contribution in [2.75, 3.05) is 7.11 Å². The minimum atomic E-state index is -0.704. The quantitative estimate of drug-likeness (QED) is 0.378. The monoisotopic (exact) mass is 428 g/mol. The van der Waals surface area contributed by atoms with Crippen LogP contribution in [0, 0.1) is 10.1 Å². The second kappa shape index (κ2) is 7.86. The Morgan fingerprint density at radius 2 is 2.17 bits per heavy atom. The Bertz CT molecular complexity index is 1240. The van der Waals surface area contributed by atoms with Crippen LogP contribution in [0.3, 0.4) is 0 Å². The highest BCUT2D eigenvalue weighted by Crippen LogP contribution is 2.35. The first-order chi connectivity index (χ1) is 14.4. The number of phenols is 1. The van der Waals surface area contributed by atoms with E-state index < -0.39 is 16.4 Å². The number of aromatic hydroxyl groups is 1. The summed E-state index contributed by atoms with van der Waals surface area (Å²) in [5.74, 6) is 0.140. The van der Waals surface area contributed by atoms with Crippen molar-refractivity contribution in [3.63, 3.8) is 0 Å². The lowest BCUT2D eigenvalue weighted by atomic mass is 9.97. The van der Waals surface area contributed by atoms with Gasteiger partial charge in [0.05, 0.1) is 29.7 Å². The summed E-state index contributed by atoms with van der Waals surface area (Å²) in [7, 11) is 1.37. The number of nitro benzene ring substituents is 1. The zero-order valence-corrected chi connectivity index (χ0v) is 17.4. The molecule has 0 aliphatic heterocycles. The van der Waals surface area contributed by atoms with Gasteiger partial charge in [-0.1, -0.05) is 6.92 Å². The molecule has 0 radical (unpaired) electrons. The molecule has 2 heterocycles. The Kier molecular flexibility index (Phi) is 5.25. The van der Waals surface area contributed by atoms with Crippen LogP contribution in [-0.2, 0) is 19.3 Å². The van der Waals surface area contributed by atoms with Crippen molar-refractivity contribution in [3.05, 3.63) is 54.4 Å². The Labute approximate surface area is 175 Å². The normalized spacial score (nSPS) is 13.7. The van der Waals surface area contributed by atoms with Crippen LogP contribution in [0.4, 0.5) is 5.69 Å². The summed E-state index contributed by atoms with van der Waals surface area (Å²) in [6, 6.07) is 2.54. The minimum absolute atomic E-state index is 0.0717. The average molecular weight is 428 g/mol. The lowest BCUT2D eigenvalue weighted by Gasteiger charge is -2.10. The number of ether oxygens (including phenoxy) is 1. The van der Waals surface area contributed by atoms with Crippen molar-refractivity contribution in [1.29, 1.82) is 0 Å². The van der Waals surface area contributed by atoms with Crippen LogP contribution in [0.15, 0.2) is 22.0 Å². The first-order valence-corrected chi connectivity index (χ1v) is 10.4. The van der Waals surface area contributed by atoms with E-state index in [-0.39, 0.29) is 16.9 Å². The van der Waals surface area contributed by atoms with Crippen LogP contribution in [0.1, 0.15) is 41.6 Å². The molecule has 0 bridgehead atoms. The van der Waals surface area contributed by atoms with Gasteiger partial charge in [0, 0.05) is 16.9 Å². The number of rotatable bonds is 5. The fraction of sp³-hybridized carbons (Fsp3) is 0.350. The van der Waals surface area contributed by atoms with Crippen LogP contribution >= 0.6 is 11.3 Å². The van der Waals surface area contributed by atoms with E-state index in [0.717, 1.165) is 42.1 Å². The number of hydrogen-bond donors (Lipinski definition) is 1. The van der Waals surface area contributed by atoms with Gasteiger partial charge in [-0.2, -0.15) is 9.78 Å². The zero-order valence-electron chi connectivity index (χ0n) is 16.5. The van der Waals surface area contributed by atoms with E-state index in [1.165, 1.54) is 28.9 Å². The largest absolute Gasteiger partial charge is 0.502 e. The van der Waals surface area contributed by atoms with Gasteiger partial charge in [0.1, 0.15) is 16.4 Å². The molecule has 156 valence electrons. The highest BCUT2D eigenvalue weighted by atomic mass is 32.1. The Morgan fingerprint density at radius 1 is 1.40 bits per heavy atom. The number of nitrogens with zero attached hydrogens (tertiary/aromatic N) is 4. The van der Waals surface area contributed by atoms with E-state index in [1.807, 2.05) is 6.92 Å². The van der Waals surface area contributed by atoms with Crippen molar-refractivity contribution < 1.29 is 14.8 Å². The molecule has 10 heteroatoms. The molecule has 0 atom stereocenters. The molecule has 1 aromatic carbocycles. The molecule has 1 aliphatic carbocycles. The van der Waals surface area contributed by atoms with Gasteiger partial charge in [-0.25, -0.2) is 4.98 Å². The molecular formula is C20H20N4O5S. The van der Waals surface area contributed by atoms with E-state index in [2.05, 4.69) is 10.1 Å². The highest BCUT2D eigenvalue weighted by Gasteiger charge is 2.22. The van der Waals surface area contributed by atoms with Gasteiger partial charge < -0.3 is 9.84 Å². The van der Waals surface area contributed by atoms with Crippen LogP contribution in [0.25, 0.3) is 10.2 Å². The molecule has 2 aromatic heterocycles. The number of phenolic OH excluding ortho intramolecular Hbond substituents is 1.